The molecule has 0 aliphatic carbocycles. The van der Waals surface area contributed by atoms with Gasteiger partial charge in [-0.25, -0.2) is 0 Å². The van der Waals surface area contributed by atoms with Gasteiger partial charge in [0.15, 0.2) is 6.10 Å². The predicted molar refractivity (Wildman–Crippen MR) is 60.0 cm³/mol. The molecule has 0 saturated heterocycles. The van der Waals surface area contributed by atoms with Gasteiger partial charge in [-0.05, 0) is 0 Å². The van der Waals surface area contributed by atoms with Crippen molar-refractivity contribution in [2.75, 3.05) is 13.7 Å². The molecule has 0 bridgehead atoms. The van der Waals surface area contributed by atoms with Crippen LogP contribution < -0.4 is 5.32 Å². The fourth-order valence-corrected chi connectivity index (χ4v) is 1.23. The second-order valence-electron chi connectivity index (χ2n) is 4.37. The molecular weight excluding hydrogens is 226 g/mol. The van der Waals surface area contributed by atoms with Crippen molar-refractivity contribution >= 4 is 17.8 Å². The highest BCUT2D eigenvalue weighted by atomic mass is 16.6. The maximum absolute atomic E-state index is 11.6. The molecule has 0 heterocycles. The van der Waals surface area contributed by atoms with Crippen LogP contribution in [-0.4, -0.2) is 37.6 Å². The molecule has 0 aromatic heterocycles. The molecule has 1 atom stereocenters. The maximum Gasteiger partial charge on any atom is 0.303 e. The Bertz CT molecular complexity index is 311. The van der Waals surface area contributed by atoms with E-state index in [1.165, 1.54) is 20.9 Å². The Balaban J connectivity index is 4.80. The Morgan fingerprint density at radius 2 is 1.71 bits per heavy atom. The van der Waals surface area contributed by atoms with E-state index in [0.29, 0.717) is 0 Å². The van der Waals surface area contributed by atoms with E-state index in [1.54, 1.807) is 13.8 Å². The summed E-state index contributed by atoms with van der Waals surface area (Å²) >= 11 is 0. The van der Waals surface area contributed by atoms with Crippen LogP contribution in [-0.2, 0) is 23.9 Å². The zero-order chi connectivity index (χ0) is 13.6. The lowest BCUT2D eigenvalue weighted by Crippen LogP contribution is -2.47. The fourth-order valence-electron chi connectivity index (χ4n) is 1.23. The molecule has 1 amide bonds. The van der Waals surface area contributed by atoms with Gasteiger partial charge in [0.1, 0.15) is 6.61 Å². The SMILES string of the molecule is CNC(=O)[C@H](OC(C)=O)C(C)(C)COC(C)=O. The molecule has 1 N–H and O–H groups in total. The van der Waals surface area contributed by atoms with Gasteiger partial charge in [0.05, 0.1) is 0 Å². The van der Waals surface area contributed by atoms with Crippen molar-refractivity contribution in [3.8, 4) is 0 Å². The van der Waals surface area contributed by atoms with E-state index in [1.807, 2.05) is 0 Å². The number of ether oxygens (including phenoxy) is 2. The highest BCUT2D eigenvalue weighted by Crippen LogP contribution is 2.24. The molecule has 98 valence electrons. The van der Waals surface area contributed by atoms with E-state index in [0.717, 1.165) is 0 Å². The minimum atomic E-state index is -0.996. The zero-order valence-corrected chi connectivity index (χ0v) is 10.8. The third kappa shape index (κ3) is 5.33. The lowest BCUT2D eigenvalue weighted by Gasteiger charge is -2.31. The first kappa shape index (κ1) is 15.4. The van der Waals surface area contributed by atoms with Crippen LogP contribution in [0.2, 0.25) is 0 Å². The van der Waals surface area contributed by atoms with Gasteiger partial charge in [-0.3, -0.25) is 14.4 Å². The first-order chi connectivity index (χ1) is 7.70. The van der Waals surface area contributed by atoms with Crippen molar-refractivity contribution in [3.63, 3.8) is 0 Å². The Hall–Kier alpha value is -1.59. The molecule has 0 aromatic rings. The third-order valence-electron chi connectivity index (χ3n) is 2.13. The lowest BCUT2D eigenvalue weighted by molar-refractivity contribution is -0.166. The zero-order valence-electron chi connectivity index (χ0n) is 10.8. The summed E-state index contributed by atoms with van der Waals surface area (Å²) in [6, 6.07) is 0. The molecule has 0 rings (SSSR count). The van der Waals surface area contributed by atoms with Gasteiger partial charge < -0.3 is 14.8 Å². The fraction of sp³-hybridized carbons (Fsp3) is 0.727. The molecule has 0 radical (unpaired) electrons. The summed E-state index contributed by atoms with van der Waals surface area (Å²) in [5.74, 6) is -1.44. The number of carbonyl (C=O) groups is 3. The summed E-state index contributed by atoms with van der Waals surface area (Å²) < 4.78 is 9.81. The number of amides is 1. The molecule has 0 unspecified atom stereocenters. The van der Waals surface area contributed by atoms with Crippen LogP contribution in [0.15, 0.2) is 0 Å². The van der Waals surface area contributed by atoms with Crippen LogP contribution in [0.3, 0.4) is 0 Å². The van der Waals surface area contributed by atoms with Crippen LogP contribution in [0.1, 0.15) is 27.7 Å². The van der Waals surface area contributed by atoms with E-state index in [2.05, 4.69) is 5.32 Å². The second-order valence-corrected chi connectivity index (χ2v) is 4.37. The molecule has 6 heteroatoms. The summed E-state index contributed by atoms with van der Waals surface area (Å²) in [5.41, 5.74) is -0.794. The Kier molecular flexibility index (Phi) is 5.64. The standard InChI is InChI=1S/C11H19NO5/c1-7(13)16-6-11(3,4)9(10(15)12-5)17-8(2)14/h9H,6H2,1-5H3,(H,12,15)/t9-/m0/s1. The lowest BCUT2D eigenvalue weighted by atomic mass is 9.86. The summed E-state index contributed by atoms with van der Waals surface area (Å²) in [6.45, 7) is 5.85. The summed E-state index contributed by atoms with van der Waals surface area (Å²) in [5, 5.41) is 2.41. The average molecular weight is 245 g/mol. The molecule has 0 aromatic carbocycles. The maximum atomic E-state index is 11.6. The van der Waals surface area contributed by atoms with Crippen LogP contribution in [0.5, 0.6) is 0 Å². The van der Waals surface area contributed by atoms with Gasteiger partial charge in [0.2, 0.25) is 0 Å². The van der Waals surface area contributed by atoms with Crippen molar-refractivity contribution in [3.05, 3.63) is 0 Å². The number of carbonyl (C=O) groups excluding carboxylic acids is 3. The molecule has 0 spiro atoms. The van der Waals surface area contributed by atoms with Gasteiger partial charge in [-0.1, -0.05) is 13.8 Å². The summed E-state index contributed by atoms with van der Waals surface area (Å²) in [7, 11) is 1.45. The van der Waals surface area contributed by atoms with Crippen molar-refractivity contribution in [1.82, 2.24) is 5.32 Å². The number of likely N-dealkylation sites (N-methyl/N-ethyl adjacent to an activating group) is 1. The van der Waals surface area contributed by atoms with Gasteiger partial charge in [-0.2, -0.15) is 0 Å². The minimum absolute atomic E-state index is 0.00625. The Morgan fingerprint density at radius 1 is 1.18 bits per heavy atom. The third-order valence-corrected chi connectivity index (χ3v) is 2.13. The number of nitrogens with one attached hydrogen (secondary N) is 1. The first-order valence-electron chi connectivity index (χ1n) is 5.23. The van der Waals surface area contributed by atoms with Crippen molar-refractivity contribution in [1.29, 1.82) is 0 Å². The van der Waals surface area contributed by atoms with E-state index >= 15 is 0 Å². The normalized spacial score (nSPS) is 12.5. The van der Waals surface area contributed by atoms with Crippen molar-refractivity contribution < 1.29 is 23.9 Å². The first-order valence-corrected chi connectivity index (χ1v) is 5.23. The number of hydrogen-bond acceptors (Lipinski definition) is 5. The summed E-state index contributed by atoms with van der Waals surface area (Å²) in [6.07, 6.45) is -0.996. The van der Waals surface area contributed by atoms with Crippen LogP contribution >= 0.6 is 0 Å². The predicted octanol–water partition coefficient (Wildman–Crippen LogP) is 0.253. The minimum Gasteiger partial charge on any atom is -0.465 e. The molecule has 0 saturated carbocycles. The van der Waals surface area contributed by atoms with Gasteiger partial charge in [0.25, 0.3) is 5.91 Å². The Morgan fingerprint density at radius 3 is 2.06 bits per heavy atom. The van der Waals surface area contributed by atoms with Crippen molar-refractivity contribution in [2.45, 2.75) is 33.8 Å². The highest BCUT2D eigenvalue weighted by molar-refractivity contribution is 5.84. The highest BCUT2D eigenvalue weighted by Gasteiger charge is 2.38. The largest absolute Gasteiger partial charge is 0.465 e. The van der Waals surface area contributed by atoms with E-state index in [9.17, 15) is 14.4 Å². The topological polar surface area (TPSA) is 81.7 Å². The van der Waals surface area contributed by atoms with Crippen LogP contribution in [0.25, 0.3) is 0 Å². The molecule has 6 nitrogen and oxygen atoms in total. The van der Waals surface area contributed by atoms with Gasteiger partial charge >= 0.3 is 11.9 Å². The second kappa shape index (κ2) is 6.22. The van der Waals surface area contributed by atoms with Crippen LogP contribution in [0, 0.1) is 5.41 Å². The number of hydrogen-bond donors (Lipinski definition) is 1. The number of rotatable bonds is 5. The Labute approximate surface area is 101 Å². The molecule has 0 fully saturated rings. The smallest absolute Gasteiger partial charge is 0.303 e. The van der Waals surface area contributed by atoms with Gasteiger partial charge in [-0.15, -0.1) is 0 Å². The number of esters is 2. The van der Waals surface area contributed by atoms with Crippen molar-refractivity contribution in [2.24, 2.45) is 5.41 Å². The molecule has 17 heavy (non-hydrogen) atoms. The molecule has 0 aliphatic heterocycles. The molecule has 0 aliphatic rings. The molecular formula is C11H19NO5. The van der Waals surface area contributed by atoms with Gasteiger partial charge in [0, 0.05) is 26.3 Å². The monoisotopic (exact) mass is 245 g/mol. The van der Waals surface area contributed by atoms with Crippen LogP contribution in [0.4, 0.5) is 0 Å². The summed E-state index contributed by atoms with van der Waals surface area (Å²) in [4.78, 5) is 33.3. The van der Waals surface area contributed by atoms with E-state index < -0.39 is 29.4 Å². The van der Waals surface area contributed by atoms with E-state index in [4.69, 9.17) is 9.47 Å². The quantitative estimate of drug-likeness (QED) is 0.702. The van der Waals surface area contributed by atoms with E-state index in [-0.39, 0.29) is 6.61 Å². The average Bonchev–Trinajstić information content (AvgIpc) is 2.22.